The van der Waals surface area contributed by atoms with Crippen LogP contribution in [0.2, 0.25) is 10.0 Å². The largest absolute Gasteiger partial charge is 0.467 e. The van der Waals surface area contributed by atoms with Crippen LogP contribution in [0.15, 0.2) is 45.9 Å². The van der Waals surface area contributed by atoms with Crippen molar-refractivity contribution in [3.63, 3.8) is 0 Å². The zero-order valence-corrected chi connectivity index (χ0v) is 16.8. The molecule has 10 heteroatoms. The summed E-state index contributed by atoms with van der Waals surface area (Å²) in [5.74, 6) is 0.782. The highest BCUT2D eigenvalue weighted by atomic mass is 35.5. The van der Waals surface area contributed by atoms with E-state index >= 15 is 0 Å². The molecule has 0 atom stereocenters. The first-order chi connectivity index (χ1) is 12.4. The maximum atomic E-state index is 12.8. The molecule has 1 N–H and O–H groups in total. The second-order valence-electron chi connectivity index (χ2n) is 5.68. The van der Waals surface area contributed by atoms with Crippen molar-refractivity contribution in [2.24, 2.45) is 0 Å². The Balaban J connectivity index is 1.60. The molecule has 1 aliphatic heterocycles. The van der Waals surface area contributed by atoms with Gasteiger partial charge >= 0.3 is 0 Å². The van der Waals surface area contributed by atoms with E-state index in [1.54, 1.807) is 18.4 Å². The normalized spacial score (nSPS) is 15.8. The summed E-state index contributed by atoms with van der Waals surface area (Å²) in [5.41, 5.74) is 0. The Morgan fingerprint density at radius 2 is 1.88 bits per heavy atom. The fraction of sp³-hybridized carbons (Fsp3) is 0.312. The third kappa shape index (κ3) is 4.15. The van der Waals surface area contributed by atoms with Crippen LogP contribution in [-0.4, -0.2) is 48.9 Å². The Bertz CT molecular complexity index is 880. The smallest absolute Gasteiger partial charge is 0.244 e. The van der Waals surface area contributed by atoms with Crippen LogP contribution in [0.5, 0.6) is 0 Å². The van der Waals surface area contributed by atoms with Gasteiger partial charge in [0.2, 0.25) is 10.0 Å². The number of benzene rings is 1. The average molecular weight is 434 g/mol. The first kappa shape index (κ1) is 19.4. The third-order valence-electron chi connectivity index (χ3n) is 4.05. The molecule has 1 aromatic carbocycles. The molecule has 0 spiro atoms. The minimum Gasteiger partial charge on any atom is -0.467 e. The van der Waals surface area contributed by atoms with E-state index in [2.05, 4.69) is 5.32 Å². The number of nitrogens with zero attached hydrogens (tertiary/aromatic N) is 2. The number of hydrogen-bond acceptors (Lipinski definition) is 4. The molecule has 0 saturated carbocycles. The Labute approximate surface area is 167 Å². The zero-order valence-electron chi connectivity index (χ0n) is 13.7. The number of sulfonamides is 1. The number of hydrogen-bond donors (Lipinski definition) is 1. The number of halogens is 2. The molecule has 2 aromatic rings. The molecule has 26 heavy (non-hydrogen) atoms. The van der Waals surface area contributed by atoms with Crippen molar-refractivity contribution in [2.45, 2.75) is 11.4 Å². The molecular weight excluding hydrogens is 417 g/mol. The van der Waals surface area contributed by atoms with Crippen LogP contribution in [0.1, 0.15) is 5.76 Å². The summed E-state index contributed by atoms with van der Waals surface area (Å²) in [5, 5.41) is 3.95. The average Bonchev–Trinajstić information content (AvgIpc) is 3.15. The van der Waals surface area contributed by atoms with Crippen LogP contribution in [-0.2, 0) is 16.6 Å². The number of thiocarbonyl (C=S) groups is 1. The van der Waals surface area contributed by atoms with Crippen LogP contribution >= 0.6 is 35.4 Å². The Morgan fingerprint density at radius 1 is 1.15 bits per heavy atom. The molecule has 1 aliphatic rings. The van der Waals surface area contributed by atoms with Gasteiger partial charge in [-0.3, -0.25) is 0 Å². The van der Waals surface area contributed by atoms with Crippen LogP contribution in [0.25, 0.3) is 0 Å². The molecule has 0 aliphatic carbocycles. The zero-order chi connectivity index (χ0) is 18.7. The summed E-state index contributed by atoms with van der Waals surface area (Å²) in [6.07, 6.45) is 1.60. The molecule has 2 heterocycles. The maximum Gasteiger partial charge on any atom is 0.244 e. The second kappa shape index (κ2) is 8.14. The van der Waals surface area contributed by atoms with Gasteiger partial charge in [-0.2, -0.15) is 4.31 Å². The molecule has 1 fully saturated rings. The molecule has 6 nitrogen and oxygen atoms in total. The van der Waals surface area contributed by atoms with Gasteiger partial charge in [0.05, 0.1) is 22.9 Å². The first-order valence-electron chi connectivity index (χ1n) is 7.89. The molecule has 0 unspecified atom stereocenters. The van der Waals surface area contributed by atoms with E-state index in [0.29, 0.717) is 37.8 Å². The van der Waals surface area contributed by atoms with Crippen molar-refractivity contribution >= 4 is 50.6 Å². The Hall–Kier alpha value is -1.32. The van der Waals surface area contributed by atoms with Crippen LogP contribution < -0.4 is 5.32 Å². The highest BCUT2D eigenvalue weighted by Gasteiger charge is 2.31. The summed E-state index contributed by atoms with van der Waals surface area (Å²) < 4.78 is 32.3. The lowest BCUT2D eigenvalue weighted by Crippen LogP contribution is -2.52. The summed E-state index contributed by atoms with van der Waals surface area (Å²) >= 11 is 17.4. The van der Waals surface area contributed by atoms with Crippen LogP contribution in [0.4, 0.5) is 0 Å². The highest BCUT2D eigenvalue weighted by molar-refractivity contribution is 7.89. The summed E-state index contributed by atoms with van der Waals surface area (Å²) in [6, 6.07) is 8.26. The van der Waals surface area contributed by atoms with E-state index in [4.69, 9.17) is 39.8 Å². The van der Waals surface area contributed by atoms with Gasteiger partial charge in [-0.05, 0) is 36.5 Å². The van der Waals surface area contributed by atoms with Gasteiger partial charge < -0.3 is 14.6 Å². The lowest BCUT2D eigenvalue weighted by atomic mass is 10.4. The van der Waals surface area contributed by atoms with Crippen LogP contribution in [0, 0.1) is 0 Å². The summed E-state index contributed by atoms with van der Waals surface area (Å²) in [6.45, 7) is 2.09. The van der Waals surface area contributed by atoms with Gasteiger partial charge in [0, 0.05) is 26.2 Å². The molecule has 0 amide bonds. The van der Waals surface area contributed by atoms with Gasteiger partial charge in [0.25, 0.3) is 0 Å². The number of furan rings is 1. The van der Waals surface area contributed by atoms with Crippen LogP contribution in [0.3, 0.4) is 0 Å². The first-order valence-corrected chi connectivity index (χ1v) is 10.5. The van der Waals surface area contributed by atoms with Gasteiger partial charge in [0.1, 0.15) is 10.7 Å². The molecule has 1 saturated heterocycles. The number of rotatable bonds is 4. The quantitative estimate of drug-likeness (QED) is 0.747. The van der Waals surface area contributed by atoms with Crippen molar-refractivity contribution < 1.29 is 12.8 Å². The van der Waals surface area contributed by atoms with E-state index in [-0.39, 0.29) is 14.9 Å². The van der Waals surface area contributed by atoms with Gasteiger partial charge in [0.15, 0.2) is 5.11 Å². The SMILES string of the molecule is O=S(=O)(c1cccc(Cl)c1Cl)N1CCN(C(=S)NCc2ccco2)CC1. The topological polar surface area (TPSA) is 65.8 Å². The molecule has 0 bridgehead atoms. The number of nitrogens with one attached hydrogen (secondary N) is 1. The molecular formula is C16H17Cl2N3O3S2. The van der Waals surface area contributed by atoms with Crippen molar-refractivity contribution in [3.05, 3.63) is 52.4 Å². The summed E-state index contributed by atoms with van der Waals surface area (Å²) in [7, 11) is -3.70. The Morgan fingerprint density at radius 3 is 2.54 bits per heavy atom. The lowest BCUT2D eigenvalue weighted by Gasteiger charge is -2.35. The van der Waals surface area contributed by atoms with E-state index in [1.807, 2.05) is 17.0 Å². The van der Waals surface area contributed by atoms with Crippen molar-refractivity contribution in [3.8, 4) is 0 Å². The standard InChI is InChI=1S/C16H17Cl2N3O3S2/c17-13-4-1-5-14(15(13)18)26(22,23)21-8-6-20(7-9-21)16(25)19-11-12-3-2-10-24-12/h1-5,10H,6-9,11H2,(H,19,25). The van der Waals surface area contributed by atoms with E-state index in [9.17, 15) is 8.42 Å². The minimum atomic E-state index is -3.70. The minimum absolute atomic E-state index is 0.0265. The van der Waals surface area contributed by atoms with Gasteiger partial charge in [-0.1, -0.05) is 29.3 Å². The predicted octanol–water partition coefficient (Wildman–Crippen LogP) is 2.97. The fourth-order valence-corrected chi connectivity index (χ4v) is 5.05. The predicted molar refractivity (Wildman–Crippen MR) is 105 cm³/mol. The monoisotopic (exact) mass is 433 g/mol. The van der Waals surface area contributed by atoms with E-state index < -0.39 is 10.0 Å². The number of piperazine rings is 1. The molecule has 0 radical (unpaired) electrons. The van der Waals surface area contributed by atoms with E-state index in [1.165, 1.54) is 10.4 Å². The molecule has 140 valence electrons. The van der Waals surface area contributed by atoms with Gasteiger partial charge in [-0.25, -0.2) is 8.42 Å². The molecule has 1 aromatic heterocycles. The maximum absolute atomic E-state index is 12.8. The third-order valence-corrected chi connectivity index (χ3v) is 7.33. The van der Waals surface area contributed by atoms with Crippen molar-refractivity contribution in [1.29, 1.82) is 0 Å². The summed E-state index contributed by atoms with van der Waals surface area (Å²) in [4.78, 5) is 1.96. The Kier molecular flexibility index (Phi) is 6.09. The highest BCUT2D eigenvalue weighted by Crippen LogP contribution is 2.31. The van der Waals surface area contributed by atoms with Crippen molar-refractivity contribution in [2.75, 3.05) is 26.2 Å². The molecule has 3 rings (SSSR count). The second-order valence-corrected chi connectivity index (χ2v) is 8.76. The fourth-order valence-electron chi connectivity index (χ4n) is 2.64. The van der Waals surface area contributed by atoms with Crippen molar-refractivity contribution in [1.82, 2.24) is 14.5 Å². The van der Waals surface area contributed by atoms with Gasteiger partial charge in [-0.15, -0.1) is 0 Å². The van der Waals surface area contributed by atoms with E-state index in [0.717, 1.165) is 5.76 Å². The lowest BCUT2D eigenvalue weighted by molar-refractivity contribution is 0.263.